The van der Waals surface area contributed by atoms with Crippen molar-refractivity contribution in [1.82, 2.24) is 50.5 Å². The number of anilines is 6. The molecular formula is C49H56N16O4. The van der Waals surface area contributed by atoms with E-state index in [9.17, 15) is 9.59 Å². The zero-order valence-electron chi connectivity index (χ0n) is 38.9. The Labute approximate surface area is 400 Å². The molecule has 1 atom stereocenters. The van der Waals surface area contributed by atoms with Crippen molar-refractivity contribution in [2.75, 3.05) is 102 Å². The van der Waals surface area contributed by atoms with Crippen LogP contribution in [0.3, 0.4) is 0 Å². The molecule has 4 aliphatic heterocycles. The van der Waals surface area contributed by atoms with Crippen molar-refractivity contribution in [1.29, 1.82) is 0 Å². The number of nitrogens with one attached hydrogen (secondary N) is 4. The van der Waals surface area contributed by atoms with Crippen molar-refractivity contribution in [2.45, 2.75) is 52.2 Å². The van der Waals surface area contributed by atoms with E-state index in [0.29, 0.717) is 100 Å². The van der Waals surface area contributed by atoms with Gasteiger partial charge in [0.25, 0.3) is 0 Å². The number of morpholine rings is 2. The summed E-state index contributed by atoms with van der Waals surface area (Å²) in [7, 11) is 0. The number of ether oxygens (including phenoxy) is 2. The summed E-state index contributed by atoms with van der Waals surface area (Å²) in [6.45, 7) is 12.4. The fourth-order valence-electron chi connectivity index (χ4n) is 9.07. The van der Waals surface area contributed by atoms with Crippen LogP contribution in [0.15, 0.2) is 79.4 Å². The molecule has 0 saturated carbocycles. The first-order valence-corrected chi connectivity index (χ1v) is 23.7. The maximum Gasteiger partial charge on any atom is 0.319 e. The number of urea groups is 2. The van der Waals surface area contributed by atoms with Crippen molar-refractivity contribution in [3.63, 3.8) is 0 Å². The first-order valence-electron chi connectivity index (χ1n) is 23.7. The van der Waals surface area contributed by atoms with Gasteiger partial charge in [0.15, 0.2) is 11.6 Å². The van der Waals surface area contributed by atoms with E-state index in [1.165, 1.54) is 0 Å². The van der Waals surface area contributed by atoms with Gasteiger partial charge in [0, 0.05) is 104 Å². The number of aromatic nitrogens is 8. The minimum Gasteiger partial charge on any atom is -0.378 e. The van der Waals surface area contributed by atoms with Gasteiger partial charge in [-0.3, -0.25) is 0 Å². The normalized spacial score (nSPS) is 16.9. The molecule has 8 heterocycles. The molecule has 2 fully saturated rings. The second kappa shape index (κ2) is 20.7. The van der Waals surface area contributed by atoms with E-state index in [2.05, 4.69) is 57.8 Å². The van der Waals surface area contributed by atoms with E-state index in [-0.39, 0.29) is 18.1 Å². The summed E-state index contributed by atoms with van der Waals surface area (Å²) in [6, 6.07) is 16.6. The van der Waals surface area contributed by atoms with Gasteiger partial charge in [0.05, 0.1) is 56.9 Å². The molecule has 4 amide bonds. The molecule has 0 bridgehead atoms. The lowest BCUT2D eigenvalue weighted by atomic mass is 10.0. The number of hydrogen-bond donors (Lipinski definition) is 4. The molecule has 10 rings (SSSR count). The zero-order chi connectivity index (χ0) is 47.1. The molecule has 0 spiro atoms. The van der Waals surface area contributed by atoms with Crippen LogP contribution in [0.1, 0.15) is 41.9 Å². The van der Waals surface area contributed by atoms with Gasteiger partial charge in [0.2, 0.25) is 11.9 Å². The van der Waals surface area contributed by atoms with Crippen LogP contribution in [0.4, 0.5) is 44.5 Å². The minimum atomic E-state index is -0.311. The summed E-state index contributed by atoms with van der Waals surface area (Å²) in [5, 5.41) is 11.5. The van der Waals surface area contributed by atoms with Crippen molar-refractivity contribution >= 4 is 47.0 Å². The molecule has 356 valence electrons. The summed E-state index contributed by atoms with van der Waals surface area (Å²) in [5.41, 5.74) is 8.12. The third kappa shape index (κ3) is 10.5. The van der Waals surface area contributed by atoms with Crippen LogP contribution in [0.2, 0.25) is 0 Å². The van der Waals surface area contributed by atoms with Gasteiger partial charge in [-0.15, -0.1) is 0 Å². The Morgan fingerprint density at radius 1 is 0.638 bits per heavy atom. The average molecular weight is 933 g/mol. The highest BCUT2D eigenvalue weighted by Crippen LogP contribution is 2.34. The molecule has 2 saturated heterocycles. The summed E-state index contributed by atoms with van der Waals surface area (Å²) in [5.74, 6) is 4.43. The topological polar surface area (TPSA) is 217 Å². The summed E-state index contributed by atoms with van der Waals surface area (Å²) < 4.78 is 11.4. The van der Waals surface area contributed by atoms with Gasteiger partial charge < -0.3 is 50.3 Å². The molecule has 20 heteroatoms. The smallest absolute Gasteiger partial charge is 0.319 e. The number of rotatable bonds is 12. The SMILES string of the molecule is CCNC(=O)Nc1ccc(-c2nc3c(c(N4CCOC[C@@H]4C)n2)CCN(c2ncc(CCNC(=O)Nc4ccc(-c5nc6c(c(N7CCOCC7)n5)CCN(c5ncccn5)C6)cc4)cn2)C3)cc1. The monoisotopic (exact) mass is 932 g/mol. The van der Waals surface area contributed by atoms with Gasteiger partial charge >= 0.3 is 12.1 Å². The first kappa shape index (κ1) is 45.2. The van der Waals surface area contributed by atoms with E-state index in [0.717, 1.165) is 89.9 Å². The standard InChI is InChI=1S/C49H56N16O4/c1-3-50-48(66)56-36-9-7-35(8-10-36)43-59-41-30-64(20-15-39(41)45(61-43)65-23-26-69-31-32(65)2)47-54-27-33(28-55-47)13-18-53-49(67)57-37-11-5-34(6-12-37)42-58-40-29-63(46-51-16-4-17-52-46)19-14-38(40)44(60-42)62-21-24-68-25-22-62/h4-12,16-17,27-28,32H,3,13-15,18-26,29-31H2,1-2H3,(H2,50,56,66)(H2,53,57,67)/t32-/m0/s1. The van der Waals surface area contributed by atoms with Crippen molar-refractivity contribution in [3.8, 4) is 22.8 Å². The fourth-order valence-corrected chi connectivity index (χ4v) is 9.07. The van der Waals surface area contributed by atoms with Gasteiger partial charge in [-0.2, -0.15) is 0 Å². The van der Waals surface area contributed by atoms with Crippen LogP contribution in [-0.2, 0) is 41.8 Å². The lowest BCUT2D eigenvalue weighted by molar-refractivity contribution is 0.0984. The molecule has 2 aromatic carbocycles. The van der Waals surface area contributed by atoms with Crippen molar-refractivity contribution in [2.24, 2.45) is 0 Å². The van der Waals surface area contributed by atoms with Gasteiger partial charge in [0.1, 0.15) is 11.6 Å². The number of hydrogen-bond acceptors (Lipinski definition) is 16. The fraction of sp³-hybridized carbons (Fsp3) is 0.388. The van der Waals surface area contributed by atoms with E-state index < -0.39 is 0 Å². The van der Waals surface area contributed by atoms with Gasteiger partial charge in [-0.25, -0.2) is 49.5 Å². The first-order chi connectivity index (χ1) is 33.8. The molecule has 4 N–H and O–H groups in total. The maximum absolute atomic E-state index is 13.0. The van der Waals surface area contributed by atoms with E-state index in [1.54, 1.807) is 12.4 Å². The highest BCUT2D eigenvalue weighted by molar-refractivity contribution is 5.90. The predicted molar refractivity (Wildman–Crippen MR) is 263 cm³/mol. The quantitative estimate of drug-likeness (QED) is 0.129. The second-order valence-electron chi connectivity index (χ2n) is 17.4. The maximum atomic E-state index is 13.0. The summed E-state index contributed by atoms with van der Waals surface area (Å²) in [6.07, 6.45) is 9.24. The Balaban J connectivity index is 0.760. The molecule has 0 aliphatic carbocycles. The Morgan fingerprint density at radius 3 is 1.78 bits per heavy atom. The average Bonchev–Trinajstić information content (AvgIpc) is 3.39. The summed E-state index contributed by atoms with van der Waals surface area (Å²) in [4.78, 5) is 72.9. The minimum absolute atomic E-state index is 0.164. The van der Waals surface area contributed by atoms with Crippen LogP contribution < -0.4 is 40.9 Å². The molecule has 6 aromatic rings. The third-order valence-corrected chi connectivity index (χ3v) is 12.7. The van der Waals surface area contributed by atoms with Gasteiger partial charge in [-0.1, -0.05) is 0 Å². The molecule has 4 aromatic heterocycles. The van der Waals surface area contributed by atoms with E-state index >= 15 is 0 Å². The Kier molecular flexibility index (Phi) is 13.6. The van der Waals surface area contributed by atoms with Crippen molar-refractivity contribution < 1.29 is 19.1 Å². The molecule has 20 nitrogen and oxygen atoms in total. The second-order valence-corrected chi connectivity index (χ2v) is 17.4. The highest BCUT2D eigenvalue weighted by atomic mass is 16.5. The number of carbonyl (C=O) groups excluding carboxylic acids is 2. The molecule has 0 radical (unpaired) electrons. The van der Waals surface area contributed by atoms with Crippen LogP contribution >= 0.6 is 0 Å². The van der Waals surface area contributed by atoms with Crippen LogP contribution in [0, 0.1) is 0 Å². The predicted octanol–water partition coefficient (Wildman–Crippen LogP) is 4.87. The summed E-state index contributed by atoms with van der Waals surface area (Å²) >= 11 is 0. The van der Waals surface area contributed by atoms with Crippen LogP contribution in [0.25, 0.3) is 22.8 Å². The van der Waals surface area contributed by atoms with Crippen molar-refractivity contribution in [3.05, 3.63) is 107 Å². The van der Waals surface area contributed by atoms with Gasteiger partial charge in [-0.05, 0) is 93.3 Å². The molecule has 4 aliphatic rings. The molecule has 69 heavy (non-hydrogen) atoms. The lowest BCUT2D eigenvalue weighted by Crippen LogP contribution is -2.45. The number of amides is 4. The molecular weight excluding hydrogens is 877 g/mol. The Hall–Kier alpha value is -7.58. The zero-order valence-corrected chi connectivity index (χ0v) is 38.9. The lowest BCUT2D eigenvalue weighted by Gasteiger charge is -2.37. The Bertz CT molecular complexity index is 2740. The number of nitrogens with zero attached hydrogens (tertiary/aromatic N) is 12. The van der Waals surface area contributed by atoms with E-state index in [4.69, 9.17) is 39.4 Å². The molecule has 0 unspecified atom stereocenters. The third-order valence-electron chi connectivity index (χ3n) is 12.7. The van der Waals surface area contributed by atoms with Crippen LogP contribution in [-0.4, -0.2) is 130 Å². The number of carbonyl (C=O) groups is 2. The number of fused-ring (bicyclic) bond motifs is 2. The van der Waals surface area contributed by atoms with E-state index in [1.807, 2.05) is 73.9 Å². The number of benzene rings is 2. The highest BCUT2D eigenvalue weighted by Gasteiger charge is 2.31. The van der Waals surface area contributed by atoms with Crippen LogP contribution in [0.5, 0.6) is 0 Å². The largest absolute Gasteiger partial charge is 0.378 e. The Morgan fingerprint density at radius 2 is 1.19 bits per heavy atom.